The molecule has 1 saturated heterocycles. The lowest BCUT2D eigenvalue weighted by molar-refractivity contribution is 0.304. The molecule has 1 aliphatic heterocycles. The van der Waals surface area contributed by atoms with Gasteiger partial charge in [-0.2, -0.15) is 5.26 Å². The molecule has 0 radical (unpaired) electrons. The van der Waals surface area contributed by atoms with E-state index >= 15 is 0 Å². The molecule has 0 aliphatic carbocycles. The molecule has 3 nitrogen and oxygen atoms in total. The lowest BCUT2D eigenvalue weighted by Gasteiger charge is -2.43. The zero-order valence-electron chi connectivity index (χ0n) is 11.4. The van der Waals surface area contributed by atoms with Crippen molar-refractivity contribution in [2.75, 3.05) is 26.3 Å². The second kappa shape index (κ2) is 4.87. The third-order valence-corrected chi connectivity index (χ3v) is 9.84. The largest absolute Gasteiger partial charge is 0.310 e. The first-order valence-corrected chi connectivity index (χ1v) is 9.08. The van der Waals surface area contributed by atoms with Crippen LogP contribution in [0.1, 0.15) is 27.2 Å². The summed E-state index contributed by atoms with van der Waals surface area (Å²) in [5.74, 6) is 0. The van der Waals surface area contributed by atoms with Crippen LogP contribution in [0, 0.1) is 11.3 Å². The molecule has 0 atom stereocenters. The Kier molecular flexibility index (Phi) is 4.16. The normalized spacial score (nSPS) is 20.0. The Hall–Kier alpha value is -0.373. The number of nitriles is 1. The lowest BCUT2D eigenvalue weighted by atomic mass is 10.2. The molecular weight excluding hydrogens is 214 g/mol. The van der Waals surface area contributed by atoms with E-state index in [0.29, 0.717) is 11.5 Å². The first-order chi connectivity index (χ1) is 7.29. The standard InChI is InChI=1S/C12H25N3Si/c1-12(2,3)16(4,5)15-10-9-14(11-15)8-6-7-13/h6,8-11H2,1-5H3. The average Bonchev–Trinajstić information content (AvgIpc) is 2.61. The van der Waals surface area contributed by atoms with Crippen LogP contribution >= 0.6 is 0 Å². The van der Waals surface area contributed by atoms with Gasteiger partial charge in [-0.3, -0.25) is 4.90 Å². The van der Waals surface area contributed by atoms with Crippen LogP contribution in [0.2, 0.25) is 18.1 Å². The van der Waals surface area contributed by atoms with Gasteiger partial charge in [0.15, 0.2) is 0 Å². The van der Waals surface area contributed by atoms with Gasteiger partial charge >= 0.3 is 0 Å². The lowest BCUT2D eigenvalue weighted by Crippen LogP contribution is -2.54. The molecule has 0 bridgehead atoms. The second-order valence-corrected chi connectivity index (χ2v) is 11.5. The van der Waals surface area contributed by atoms with Crippen molar-refractivity contribution in [2.45, 2.75) is 45.3 Å². The molecule has 1 rings (SSSR count). The first-order valence-electron chi connectivity index (χ1n) is 6.13. The zero-order chi connectivity index (χ0) is 12.4. The van der Waals surface area contributed by atoms with Gasteiger partial charge in [-0.05, 0) is 5.04 Å². The van der Waals surface area contributed by atoms with E-state index < -0.39 is 8.24 Å². The van der Waals surface area contributed by atoms with Crippen molar-refractivity contribution in [3.63, 3.8) is 0 Å². The van der Waals surface area contributed by atoms with Crippen molar-refractivity contribution in [3.8, 4) is 6.07 Å². The Balaban J connectivity index is 2.56. The summed E-state index contributed by atoms with van der Waals surface area (Å²) in [6, 6.07) is 2.23. The minimum absolute atomic E-state index is 0.415. The highest BCUT2D eigenvalue weighted by Crippen LogP contribution is 2.39. The van der Waals surface area contributed by atoms with Crippen LogP contribution < -0.4 is 0 Å². The van der Waals surface area contributed by atoms with Crippen LogP contribution in [0.25, 0.3) is 0 Å². The molecular formula is C12H25N3Si. The number of hydrogen-bond acceptors (Lipinski definition) is 3. The molecule has 0 N–H and O–H groups in total. The minimum atomic E-state index is -1.34. The Labute approximate surface area is 101 Å². The van der Waals surface area contributed by atoms with Crippen LogP contribution in [0.15, 0.2) is 0 Å². The summed E-state index contributed by atoms with van der Waals surface area (Å²) in [6.07, 6.45) is 0.658. The van der Waals surface area contributed by atoms with Crippen molar-refractivity contribution >= 4 is 8.24 Å². The third kappa shape index (κ3) is 2.85. The quantitative estimate of drug-likeness (QED) is 0.709. The van der Waals surface area contributed by atoms with E-state index in [2.05, 4.69) is 49.4 Å². The Bertz CT molecular complexity index is 275. The Morgan fingerprint density at radius 2 is 1.88 bits per heavy atom. The fourth-order valence-corrected chi connectivity index (χ4v) is 4.13. The SMILES string of the molecule is CC(C)(C)[Si](C)(C)N1CCN(CCC#N)C1. The van der Waals surface area contributed by atoms with Crippen molar-refractivity contribution in [1.82, 2.24) is 9.47 Å². The number of nitrogens with zero attached hydrogens (tertiary/aromatic N) is 3. The minimum Gasteiger partial charge on any atom is -0.310 e. The molecule has 4 heteroatoms. The van der Waals surface area contributed by atoms with Crippen molar-refractivity contribution < 1.29 is 0 Å². The molecule has 0 aromatic carbocycles. The van der Waals surface area contributed by atoms with E-state index in [1.54, 1.807) is 0 Å². The highest BCUT2D eigenvalue weighted by Gasteiger charge is 2.43. The van der Waals surface area contributed by atoms with E-state index in [1.807, 2.05) is 0 Å². The predicted octanol–water partition coefficient (Wildman–Crippen LogP) is 2.48. The van der Waals surface area contributed by atoms with Crippen LogP contribution in [0.4, 0.5) is 0 Å². The monoisotopic (exact) mass is 239 g/mol. The fraction of sp³-hybridized carbons (Fsp3) is 0.917. The molecule has 0 amide bonds. The maximum atomic E-state index is 8.60. The highest BCUT2D eigenvalue weighted by molar-refractivity contribution is 6.77. The summed E-state index contributed by atoms with van der Waals surface area (Å²) in [7, 11) is -1.34. The van der Waals surface area contributed by atoms with Gasteiger partial charge in [0, 0.05) is 32.7 Å². The van der Waals surface area contributed by atoms with Gasteiger partial charge in [0.05, 0.1) is 6.07 Å². The van der Waals surface area contributed by atoms with Crippen molar-refractivity contribution in [2.24, 2.45) is 0 Å². The van der Waals surface area contributed by atoms with Gasteiger partial charge in [0.25, 0.3) is 0 Å². The molecule has 16 heavy (non-hydrogen) atoms. The van der Waals surface area contributed by atoms with Crippen LogP contribution in [0.5, 0.6) is 0 Å². The number of hydrogen-bond donors (Lipinski definition) is 0. The molecule has 1 fully saturated rings. The second-order valence-electron chi connectivity index (χ2n) is 6.24. The van der Waals surface area contributed by atoms with E-state index in [-0.39, 0.29) is 0 Å². The molecule has 92 valence electrons. The molecule has 0 spiro atoms. The van der Waals surface area contributed by atoms with Crippen molar-refractivity contribution in [1.29, 1.82) is 5.26 Å². The van der Waals surface area contributed by atoms with Crippen LogP contribution in [-0.2, 0) is 0 Å². The maximum absolute atomic E-state index is 8.60. The smallest absolute Gasteiger partial charge is 0.128 e. The summed E-state index contributed by atoms with van der Waals surface area (Å²) in [5.41, 5.74) is 0. The van der Waals surface area contributed by atoms with Gasteiger partial charge in [0.2, 0.25) is 0 Å². The van der Waals surface area contributed by atoms with E-state index in [1.165, 1.54) is 6.54 Å². The average molecular weight is 239 g/mol. The fourth-order valence-electron chi connectivity index (χ4n) is 1.97. The molecule has 1 heterocycles. The summed E-state index contributed by atoms with van der Waals surface area (Å²) in [5, 5.41) is 9.01. The predicted molar refractivity (Wildman–Crippen MR) is 70.6 cm³/mol. The van der Waals surface area contributed by atoms with Gasteiger partial charge in [-0.1, -0.05) is 33.9 Å². The van der Waals surface area contributed by atoms with Gasteiger partial charge < -0.3 is 4.57 Å². The van der Waals surface area contributed by atoms with Crippen molar-refractivity contribution in [3.05, 3.63) is 0 Å². The van der Waals surface area contributed by atoms with Gasteiger partial charge in [-0.25, -0.2) is 0 Å². The molecule has 0 saturated carbocycles. The summed E-state index contributed by atoms with van der Waals surface area (Å²) in [6.45, 7) is 16.3. The topological polar surface area (TPSA) is 30.3 Å². The van der Waals surface area contributed by atoms with Crippen LogP contribution in [-0.4, -0.2) is 44.0 Å². The summed E-state index contributed by atoms with van der Waals surface area (Å²) >= 11 is 0. The molecule has 0 aromatic rings. The number of rotatable bonds is 3. The van der Waals surface area contributed by atoms with E-state index in [4.69, 9.17) is 5.26 Å². The summed E-state index contributed by atoms with van der Waals surface area (Å²) < 4.78 is 2.67. The Morgan fingerprint density at radius 3 is 2.38 bits per heavy atom. The molecule has 0 unspecified atom stereocenters. The van der Waals surface area contributed by atoms with E-state index in [9.17, 15) is 0 Å². The van der Waals surface area contributed by atoms with Crippen LogP contribution in [0.3, 0.4) is 0 Å². The molecule has 1 aliphatic rings. The maximum Gasteiger partial charge on any atom is 0.128 e. The third-order valence-electron chi connectivity index (χ3n) is 4.22. The van der Waals surface area contributed by atoms with Gasteiger partial charge in [0.1, 0.15) is 8.24 Å². The van der Waals surface area contributed by atoms with E-state index in [0.717, 1.165) is 19.8 Å². The highest BCUT2D eigenvalue weighted by atomic mass is 28.3. The Morgan fingerprint density at radius 1 is 1.25 bits per heavy atom. The first kappa shape index (κ1) is 13.7. The summed E-state index contributed by atoms with van der Waals surface area (Å²) in [4.78, 5) is 2.41. The molecule has 0 aromatic heterocycles. The van der Waals surface area contributed by atoms with Gasteiger partial charge in [-0.15, -0.1) is 0 Å². The zero-order valence-corrected chi connectivity index (χ0v) is 12.4.